The van der Waals surface area contributed by atoms with Gasteiger partial charge in [0.1, 0.15) is 6.61 Å². The molecule has 0 bridgehead atoms. The molecule has 0 spiro atoms. The van der Waals surface area contributed by atoms with Gasteiger partial charge in [0.2, 0.25) is 0 Å². The van der Waals surface area contributed by atoms with E-state index in [0.717, 1.165) is 10.0 Å². The van der Waals surface area contributed by atoms with Crippen molar-refractivity contribution < 1.29 is 9.13 Å². The maximum Gasteiger partial charge on any atom is 0.166 e. The Morgan fingerprint density at radius 3 is 2.61 bits per heavy atom. The number of hydrogen-bond acceptors (Lipinski definition) is 2. The van der Waals surface area contributed by atoms with Crippen LogP contribution in [0.5, 0.6) is 5.75 Å². The molecule has 0 saturated heterocycles. The molecule has 0 heterocycles. The minimum atomic E-state index is -0.407. The van der Waals surface area contributed by atoms with Crippen LogP contribution in [0.25, 0.3) is 0 Å². The molecule has 0 unspecified atom stereocenters. The van der Waals surface area contributed by atoms with Crippen LogP contribution in [0.2, 0.25) is 0 Å². The second-order valence-corrected chi connectivity index (χ2v) is 5.44. The molecule has 2 nitrogen and oxygen atoms in total. The minimum Gasteiger partial charge on any atom is -0.486 e. The Hall–Kier alpha value is -1.07. The molecule has 0 aliphatic rings. The van der Waals surface area contributed by atoms with Gasteiger partial charge in [-0.25, -0.2) is 4.39 Å². The average Bonchev–Trinajstić information content (AvgIpc) is 2.31. The number of hydrogen-bond donors (Lipinski definition) is 1. The van der Waals surface area contributed by atoms with Gasteiger partial charge in [-0.15, -0.1) is 0 Å². The summed E-state index contributed by atoms with van der Waals surface area (Å²) in [6, 6.07) is 10.1. The molecule has 2 aromatic rings. The van der Waals surface area contributed by atoms with Crippen molar-refractivity contribution in [2.75, 3.05) is 5.73 Å². The highest BCUT2D eigenvalue weighted by atomic mass is 79.9. The second kappa shape index (κ2) is 5.71. The van der Waals surface area contributed by atoms with Crippen LogP contribution in [-0.4, -0.2) is 0 Å². The van der Waals surface area contributed by atoms with E-state index >= 15 is 0 Å². The zero-order chi connectivity index (χ0) is 13.1. The van der Waals surface area contributed by atoms with E-state index in [9.17, 15) is 4.39 Å². The summed E-state index contributed by atoms with van der Waals surface area (Å²) in [4.78, 5) is 0. The van der Waals surface area contributed by atoms with Crippen LogP contribution < -0.4 is 10.5 Å². The third-order valence-electron chi connectivity index (χ3n) is 2.42. The van der Waals surface area contributed by atoms with Crippen LogP contribution in [0.1, 0.15) is 5.56 Å². The third kappa shape index (κ3) is 3.03. The first-order valence-corrected chi connectivity index (χ1v) is 6.77. The van der Waals surface area contributed by atoms with Crippen LogP contribution in [0.15, 0.2) is 45.3 Å². The van der Waals surface area contributed by atoms with Gasteiger partial charge in [-0.2, -0.15) is 0 Å². The van der Waals surface area contributed by atoms with E-state index in [0.29, 0.717) is 10.2 Å². The van der Waals surface area contributed by atoms with E-state index in [-0.39, 0.29) is 12.4 Å². The highest BCUT2D eigenvalue weighted by Gasteiger charge is 2.08. The van der Waals surface area contributed by atoms with Crippen LogP contribution >= 0.6 is 31.9 Å². The Kier molecular flexibility index (Phi) is 4.24. The van der Waals surface area contributed by atoms with E-state index in [2.05, 4.69) is 31.9 Å². The minimum absolute atomic E-state index is 0.202. The summed E-state index contributed by atoms with van der Waals surface area (Å²) in [6.07, 6.45) is 0. The SMILES string of the molecule is Nc1cccc(Br)c1COc1ccc(Br)cc1F. The first-order valence-electron chi connectivity index (χ1n) is 5.18. The van der Waals surface area contributed by atoms with Gasteiger partial charge in [-0.1, -0.05) is 37.9 Å². The largest absolute Gasteiger partial charge is 0.486 e. The molecule has 0 amide bonds. The zero-order valence-electron chi connectivity index (χ0n) is 9.29. The maximum atomic E-state index is 13.6. The monoisotopic (exact) mass is 373 g/mol. The Morgan fingerprint density at radius 2 is 1.94 bits per heavy atom. The van der Waals surface area contributed by atoms with Gasteiger partial charge < -0.3 is 10.5 Å². The van der Waals surface area contributed by atoms with Gasteiger partial charge in [0.25, 0.3) is 0 Å². The van der Waals surface area contributed by atoms with Crippen LogP contribution in [0, 0.1) is 5.82 Å². The molecular formula is C13H10Br2FNO. The predicted molar refractivity (Wildman–Crippen MR) is 77.0 cm³/mol. The fraction of sp³-hybridized carbons (Fsp3) is 0.0769. The summed E-state index contributed by atoms with van der Waals surface area (Å²) >= 11 is 6.58. The highest BCUT2D eigenvalue weighted by Crippen LogP contribution is 2.26. The number of halogens is 3. The first kappa shape index (κ1) is 13.4. The molecule has 0 fully saturated rings. The zero-order valence-corrected chi connectivity index (χ0v) is 12.5. The first-order chi connectivity index (χ1) is 8.58. The molecule has 18 heavy (non-hydrogen) atoms. The van der Waals surface area contributed by atoms with Crippen molar-refractivity contribution in [1.29, 1.82) is 0 Å². The lowest BCUT2D eigenvalue weighted by Gasteiger charge is -2.11. The van der Waals surface area contributed by atoms with E-state index in [1.54, 1.807) is 18.2 Å². The third-order valence-corrected chi connectivity index (χ3v) is 3.66. The fourth-order valence-electron chi connectivity index (χ4n) is 1.47. The Morgan fingerprint density at radius 1 is 1.17 bits per heavy atom. The van der Waals surface area contributed by atoms with Crippen LogP contribution in [0.3, 0.4) is 0 Å². The smallest absolute Gasteiger partial charge is 0.166 e. The topological polar surface area (TPSA) is 35.2 Å². The maximum absolute atomic E-state index is 13.6. The Balaban J connectivity index is 2.16. The van der Waals surface area contributed by atoms with Crippen molar-refractivity contribution in [2.45, 2.75) is 6.61 Å². The van der Waals surface area contributed by atoms with Crippen molar-refractivity contribution in [3.8, 4) is 5.75 Å². The fourth-order valence-corrected chi connectivity index (χ4v) is 2.30. The number of nitrogen functional groups attached to an aromatic ring is 1. The summed E-state index contributed by atoms with van der Waals surface area (Å²) in [7, 11) is 0. The molecule has 0 aliphatic heterocycles. The van der Waals surface area contributed by atoms with Gasteiger partial charge in [0, 0.05) is 20.2 Å². The van der Waals surface area contributed by atoms with Crippen molar-refractivity contribution in [3.05, 3.63) is 56.7 Å². The van der Waals surface area contributed by atoms with E-state index in [1.807, 2.05) is 12.1 Å². The van der Waals surface area contributed by atoms with Gasteiger partial charge >= 0.3 is 0 Å². The van der Waals surface area contributed by atoms with Gasteiger partial charge in [-0.3, -0.25) is 0 Å². The standard InChI is InChI=1S/C13H10Br2FNO/c14-8-4-5-13(11(16)6-8)18-7-9-10(15)2-1-3-12(9)17/h1-6H,7,17H2. The second-order valence-electron chi connectivity index (χ2n) is 3.67. The summed E-state index contributed by atoms with van der Waals surface area (Å²) < 4.78 is 20.5. The molecule has 0 aliphatic carbocycles. The molecule has 0 saturated carbocycles. The van der Waals surface area contributed by atoms with Gasteiger partial charge in [0.05, 0.1) is 0 Å². The van der Waals surface area contributed by atoms with Crippen molar-refractivity contribution in [3.63, 3.8) is 0 Å². The quantitative estimate of drug-likeness (QED) is 0.802. The molecule has 5 heteroatoms. The summed E-state index contributed by atoms with van der Waals surface area (Å²) in [6.45, 7) is 0.214. The van der Waals surface area contributed by atoms with Crippen LogP contribution in [0.4, 0.5) is 10.1 Å². The van der Waals surface area contributed by atoms with E-state index < -0.39 is 5.82 Å². The van der Waals surface area contributed by atoms with E-state index in [4.69, 9.17) is 10.5 Å². The molecule has 2 aromatic carbocycles. The molecule has 0 aromatic heterocycles. The molecule has 2 N–H and O–H groups in total. The highest BCUT2D eigenvalue weighted by molar-refractivity contribution is 9.10. The Labute approximate surface area is 121 Å². The lowest BCUT2D eigenvalue weighted by atomic mass is 10.2. The molecular weight excluding hydrogens is 365 g/mol. The number of rotatable bonds is 3. The summed E-state index contributed by atoms with van der Waals surface area (Å²) in [5, 5.41) is 0. The molecule has 2 rings (SSSR count). The summed E-state index contributed by atoms with van der Waals surface area (Å²) in [5.74, 6) is -0.205. The van der Waals surface area contributed by atoms with Crippen LogP contribution in [-0.2, 0) is 6.61 Å². The predicted octanol–water partition coefficient (Wildman–Crippen LogP) is 4.51. The molecule has 0 atom stereocenters. The van der Waals surface area contributed by atoms with Crippen molar-refractivity contribution in [2.24, 2.45) is 0 Å². The molecule has 0 radical (unpaired) electrons. The van der Waals surface area contributed by atoms with Crippen molar-refractivity contribution >= 4 is 37.5 Å². The number of nitrogens with two attached hydrogens (primary N) is 1. The average molecular weight is 375 g/mol. The van der Waals surface area contributed by atoms with Gasteiger partial charge in [-0.05, 0) is 30.3 Å². The Bertz CT molecular complexity index is 555. The molecule has 94 valence electrons. The number of benzene rings is 2. The van der Waals surface area contributed by atoms with Gasteiger partial charge in [0.15, 0.2) is 11.6 Å². The summed E-state index contributed by atoms with van der Waals surface area (Å²) in [5.41, 5.74) is 7.25. The lowest BCUT2D eigenvalue weighted by Crippen LogP contribution is -2.02. The number of ether oxygens (including phenoxy) is 1. The lowest BCUT2D eigenvalue weighted by molar-refractivity contribution is 0.290. The van der Waals surface area contributed by atoms with Crippen molar-refractivity contribution in [1.82, 2.24) is 0 Å². The van der Waals surface area contributed by atoms with E-state index in [1.165, 1.54) is 6.07 Å². The number of anilines is 1. The normalized spacial score (nSPS) is 10.4.